The molecule has 0 aliphatic heterocycles. The van der Waals surface area contributed by atoms with Gasteiger partial charge in [-0.05, 0) is 49.4 Å². The van der Waals surface area contributed by atoms with Crippen LogP contribution in [-0.4, -0.2) is 15.2 Å². The van der Waals surface area contributed by atoms with E-state index in [0.29, 0.717) is 0 Å². The maximum atomic E-state index is 4.49. The lowest BCUT2D eigenvalue weighted by Crippen LogP contribution is -1.74. The fourth-order valence-electron chi connectivity index (χ4n) is 1.35. The van der Waals surface area contributed by atoms with Crippen LogP contribution in [-0.2, 0) is 0 Å². The molecule has 0 atom stereocenters. The Morgan fingerprint density at radius 2 is 2.12 bits per heavy atom. The third-order valence-corrected chi connectivity index (χ3v) is 6.23. The third-order valence-electron chi connectivity index (χ3n) is 2.11. The van der Waals surface area contributed by atoms with Crippen molar-refractivity contribution in [2.24, 2.45) is 0 Å². The Hall–Kier alpha value is -0.500. The summed E-state index contributed by atoms with van der Waals surface area (Å²) >= 11 is 10.2. The van der Waals surface area contributed by atoms with Gasteiger partial charge in [0.15, 0.2) is 11.6 Å². The number of nitrogens with one attached hydrogen (secondary N) is 1. The van der Waals surface area contributed by atoms with Crippen molar-refractivity contribution in [3.05, 3.63) is 31.8 Å². The summed E-state index contributed by atoms with van der Waals surface area (Å²) in [6.07, 6.45) is 0. The molecule has 17 heavy (non-hydrogen) atoms. The first-order chi connectivity index (χ1) is 8.24. The molecule has 0 unspecified atom stereocenters. The number of aromatic amines is 1. The van der Waals surface area contributed by atoms with Crippen LogP contribution in [0.3, 0.4) is 0 Å². The fraction of sp³-hybridized carbons (Fsp3) is 0. The zero-order chi connectivity index (χ0) is 11.8. The van der Waals surface area contributed by atoms with Crippen molar-refractivity contribution < 1.29 is 0 Å². The quantitative estimate of drug-likeness (QED) is 0.683. The zero-order valence-corrected chi connectivity index (χ0v) is 13.1. The summed E-state index contributed by atoms with van der Waals surface area (Å²) in [4.78, 5) is 6.62. The molecule has 0 bridgehead atoms. The van der Waals surface area contributed by atoms with Gasteiger partial charge in [0.1, 0.15) is 0 Å². The van der Waals surface area contributed by atoms with Gasteiger partial charge in [0.25, 0.3) is 0 Å². The second-order valence-corrected chi connectivity index (χ2v) is 7.39. The van der Waals surface area contributed by atoms with Crippen LogP contribution in [0.4, 0.5) is 0 Å². The van der Waals surface area contributed by atoms with Gasteiger partial charge in [0, 0.05) is 4.47 Å². The Kier molecular flexibility index (Phi) is 3.16. The number of nitrogens with zero attached hydrogens (tertiary/aromatic N) is 2. The zero-order valence-electron chi connectivity index (χ0n) is 8.28. The summed E-state index contributed by atoms with van der Waals surface area (Å²) in [6, 6.07) is 6.03. The van der Waals surface area contributed by atoms with Crippen molar-refractivity contribution in [2.45, 2.75) is 0 Å². The van der Waals surface area contributed by atoms with E-state index in [9.17, 15) is 0 Å². The van der Waals surface area contributed by atoms with Crippen molar-refractivity contribution in [3.63, 3.8) is 0 Å². The predicted molar refractivity (Wildman–Crippen MR) is 78.4 cm³/mol. The largest absolute Gasteiger partial charge is 0.258 e. The first kappa shape index (κ1) is 11.6. The fourth-order valence-corrected chi connectivity index (χ4v) is 3.99. The second-order valence-electron chi connectivity index (χ2n) is 3.22. The molecular formula is C10H5Br2N3S2. The number of thiophene rings is 2. The Bertz CT molecular complexity index is 623. The van der Waals surface area contributed by atoms with Crippen molar-refractivity contribution in [2.75, 3.05) is 0 Å². The standard InChI is InChI=1S/C10H5Br2N3S2/c11-5-4-7(17-8(5)12)10-13-9(14-15-10)6-2-1-3-16-6/h1-4H,(H,13,14,15). The van der Waals surface area contributed by atoms with Crippen LogP contribution >= 0.6 is 54.5 Å². The Morgan fingerprint density at radius 1 is 1.24 bits per heavy atom. The summed E-state index contributed by atoms with van der Waals surface area (Å²) < 4.78 is 2.08. The molecule has 0 aliphatic carbocycles. The number of H-pyrrole nitrogens is 1. The molecule has 3 nitrogen and oxygen atoms in total. The summed E-state index contributed by atoms with van der Waals surface area (Å²) in [5.41, 5.74) is 0. The maximum Gasteiger partial charge on any atom is 0.191 e. The highest BCUT2D eigenvalue weighted by Gasteiger charge is 2.12. The van der Waals surface area contributed by atoms with E-state index in [2.05, 4.69) is 47.0 Å². The molecule has 3 rings (SSSR count). The van der Waals surface area contributed by atoms with E-state index >= 15 is 0 Å². The average molecular weight is 391 g/mol. The molecule has 0 aliphatic rings. The van der Waals surface area contributed by atoms with Gasteiger partial charge in [0.05, 0.1) is 13.5 Å². The van der Waals surface area contributed by atoms with Crippen LogP contribution in [0.15, 0.2) is 31.8 Å². The Labute approximate surface area is 122 Å². The molecular weight excluding hydrogens is 386 g/mol. The Morgan fingerprint density at radius 3 is 2.76 bits per heavy atom. The van der Waals surface area contributed by atoms with Crippen LogP contribution in [0.25, 0.3) is 21.4 Å². The van der Waals surface area contributed by atoms with Gasteiger partial charge in [-0.3, -0.25) is 5.10 Å². The molecule has 0 spiro atoms. The Balaban J connectivity index is 2.00. The number of aromatic nitrogens is 3. The summed E-state index contributed by atoms with van der Waals surface area (Å²) in [6.45, 7) is 0. The summed E-state index contributed by atoms with van der Waals surface area (Å²) in [5.74, 6) is 1.54. The molecule has 0 amide bonds. The molecule has 0 fully saturated rings. The highest BCUT2D eigenvalue weighted by Crippen LogP contribution is 2.37. The molecule has 0 radical (unpaired) electrons. The number of rotatable bonds is 2. The third kappa shape index (κ3) is 2.24. The SMILES string of the molecule is Brc1cc(-c2n[nH]c(-c3cccs3)n2)sc1Br. The maximum absolute atomic E-state index is 4.49. The summed E-state index contributed by atoms with van der Waals surface area (Å²) in [7, 11) is 0. The van der Waals surface area contributed by atoms with E-state index in [1.807, 2.05) is 23.6 Å². The minimum Gasteiger partial charge on any atom is -0.258 e. The highest BCUT2D eigenvalue weighted by molar-refractivity contribution is 9.13. The van der Waals surface area contributed by atoms with E-state index in [1.54, 1.807) is 22.7 Å². The normalized spacial score (nSPS) is 10.9. The lowest BCUT2D eigenvalue weighted by atomic mass is 10.4. The lowest BCUT2D eigenvalue weighted by Gasteiger charge is -1.86. The van der Waals surface area contributed by atoms with E-state index in [4.69, 9.17) is 0 Å². The van der Waals surface area contributed by atoms with Crippen LogP contribution in [0.5, 0.6) is 0 Å². The van der Waals surface area contributed by atoms with Gasteiger partial charge >= 0.3 is 0 Å². The summed E-state index contributed by atoms with van der Waals surface area (Å²) in [5, 5.41) is 9.22. The number of hydrogen-bond acceptors (Lipinski definition) is 4. The van der Waals surface area contributed by atoms with Gasteiger partial charge in [-0.1, -0.05) is 6.07 Å². The van der Waals surface area contributed by atoms with Crippen molar-refractivity contribution in [1.82, 2.24) is 15.2 Å². The molecule has 86 valence electrons. The number of hydrogen-bond donors (Lipinski definition) is 1. The van der Waals surface area contributed by atoms with E-state index in [0.717, 1.165) is 29.7 Å². The predicted octanol–water partition coefficient (Wildman–Crippen LogP) is 4.79. The van der Waals surface area contributed by atoms with E-state index in [1.165, 1.54) is 0 Å². The van der Waals surface area contributed by atoms with Crippen molar-refractivity contribution >= 4 is 54.5 Å². The highest BCUT2D eigenvalue weighted by atomic mass is 79.9. The van der Waals surface area contributed by atoms with Crippen molar-refractivity contribution in [1.29, 1.82) is 0 Å². The smallest absolute Gasteiger partial charge is 0.191 e. The lowest BCUT2D eigenvalue weighted by molar-refractivity contribution is 1.10. The first-order valence-corrected chi connectivity index (χ1v) is 7.94. The minimum atomic E-state index is 0.727. The molecule has 0 aromatic carbocycles. The molecule has 3 aromatic heterocycles. The molecule has 0 saturated heterocycles. The van der Waals surface area contributed by atoms with Crippen molar-refractivity contribution in [3.8, 4) is 21.4 Å². The van der Waals surface area contributed by atoms with Gasteiger partial charge in [-0.15, -0.1) is 22.7 Å². The van der Waals surface area contributed by atoms with Gasteiger partial charge in [-0.2, -0.15) is 5.10 Å². The molecule has 3 heterocycles. The molecule has 7 heteroatoms. The van der Waals surface area contributed by atoms with Gasteiger partial charge in [0.2, 0.25) is 0 Å². The molecule has 3 aromatic rings. The monoisotopic (exact) mass is 389 g/mol. The number of halogens is 2. The molecule has 1 N–H and O–H groups in total. The van der Waals surface area contributed by atoms with Crippen LogP contribution in [0.2, 0.25) is 0 Å². The van der Waals surface area contributed by atoms with Gasteiger partial charge < -0.3 is 0 Å². The van der Waals surface area contributed by atoms with E-state index in [-0.39, 0.29) is 0 Å². The first-order valence-electron chi connectivity index (χ1n) is 4.65. The second kappa shape index (κ2) is 4.64. The van der Waals surface area contributed by atoms with Gasteiger partial charge in [-0.25, -0.2) is 4.98 Å². The van der Waals surface area contributed by atoms with Crippen LogP contribution in [0.1, 0.15) is 0 Å². The van der Waals surface area contributed by atoms with Crippen LogP contribution in [0, 0.1) is 0 Å². The average Bonchev–Trinajstić information content (AvgIpc) is 3.00. The minimum absolute atomic E-state index is 0.727. The molecule has 0 saturated carbocycles. The topological polar surface area (TPSA) is 41.6 Å². The van der Waals surface area contributed by atoms with Crippen LogP contribution < -0.4 is 0 Å². The van der Waals surface area contributed by atoms with E-state index < -0.39 is 0 Å².